The van der Waals surface area contributed by atoms with Crippen molar-refractivity contribution in [1.82, 2.24) is 10.6 Å². The lowest BCUT2D eigenvalue weighted by Gasteiger charge is -2.21. The average Bonchev–Trinajstić information content (AvgIpc) is 2.67. The van der Waals surface area contributed by atoms with E-state index in [1.165, 1.54) is 24.3 Å². The molecule has 0 heterocycles. The van der Waals surface area contributed by atoms with Crippen molar-refractivity contribution in [3.63, 3.8) is 0 Å². The zero-order valence-electron chi connectivity index (χ0n) is 14.6. The van der Waals surface area contributed by atoms with Crippen molar-refractivity contribution in [2.45, 2.75) is 18.5 Å². The van der Waals surface area contributed by atoms with Gasteiger partial charge in [-0.05, 0) is 42.0 Å². The Labute approximate surface area is 159 Å². The zero-order valence-corrected chi connectivity index (χ0v) is 14.6. The van der Waals surface area contributed by atoms with Crippen LogP contribution in [0.15, 0.2) is 48.5 Å². The summed E-state index contributed by atoms with van der Waals surface area (Å²) in [4.78, 5) is 35.9. The fourth-order valence-corrected chi connectivity index (χ4v) is 2.38. The van der Waals surface area contributed by atoms with Crippen molar-refractivity contribution < 1.29 is 34.1 Å². The molecule has 2 rings (SSSR count). The van der Waals surface area contributed by atoms with E-state index in [1.807, 2.05) is 0 Å². The summed E-state index contributed by atoms with van der Waals surface area (Å²) >= 11 is 0. The van der Waals surface area contributed by atoms with Crippen LogP contribution < -0.4 is 10.6 Å². The van der Waals surface area contributed by atoms with E-state index in [-0.39, 0.29) is 17.7 Å². The van der Waals surface area contributed by atoms with E-state index in [9.17, 15) is 23.9 Å². The number of carbonyl (C=O) groups is 3. The maximum Gasteiger partial charge on any atom is 0.328 e. The number of carbonyl (C=O) groups excluding carboxylic acids is 2. The quantitative estimate of drug-likeness (QED) is 0.444. The van der Waals surface area contributed by atoms with Crippen molar-refractivity contribution in [1.29, 1.82) is 0 Å². The number of halogens is 1. The van der Waals surface area contributed by atoms with Gasteiger partial charge in [-0.1, -0.05) is 12.1 Å². The second kappa shape index (κ2) is 9.47. The number of hydrogen-bond donors (Lipinski definition) is 5. The lowest BCUT2D eigenvalue weighted by molar-refractivity contribution is -0.143. The van der Waals surface area contributed by atoms with Crippen molar-refractivity contribution in [2.75, 3.05) is 6.61 Å². The number of aliphatic hydroxyl groups is 1. The summed E-state index contributed by atoms with van der Waals surface area (Å²) in [6, 6.07) is 7.86. The Morgan fingerprint density at radius 2 is 1.54 bits per heavy atom. The van der Waals surface area contributed by atoms with Gasteiger partial charge in [0.25, 0.3) is 5.91 Å². The van der Waals surface area contributed by atoms with Crippen LogP contribution in [0.5, 0.6) is 5.75 Å². The molecule has 0 fully saturated rings. The molecule has 0 saturated heterocycles. The number of phenolic OH excluding ortho intramolecular Hbond substituents is 1. The lowest BCUT2D eigenvalue weighted by Crippen LogP contribution is -2.53. The molecule has 2 aromatic carbocycles. The Kier molecular flexibility index (Phi) is 7.05. The first-order chi connectivity index (χ1) is 13.3. The number of aliphatic hydroxyl groups excluding tert-OH is 1. The van der Waals surface area contributed by atoms with Gasteiger partial charge in [0, 0.05) is 12.0 Å². The summed E-state index contributed by atoms with van der Waals surface area (Å²) in [5.74, 6) is -3.41. The minimum Gasteiger partial charge on any atom is -0.508 e. The summed E-state index contributed by atoms with van der Waals surface area (Å²) in [5, 5.41) is 32.1. The largest absolute Gasteiger partial charge is 0.508 e. The highest BCUT2D eigenvalue weighted by atomic mass is 19.1. The molecule has 0 unspecified atom stereocenters. The van der Waals surface area contributed by atoms with Gasteiger partial charge in [-0.2, -0.15) is 0 Å². The van der Waals surface area contributed by atoms with Crippen molar-refractivity contribution in [2.24, 2.45) is 0 Å². The summed E-state index contributed by atoms with van der Waals surface area (Å²) in [5.41, 5.74) is 0.704. The molecule has 0 aliphatic heterocycles. The van der Waals surface area contributed by atoms with Gasteiger partial charge in [0.2, 0.25) is 5.91 Å². The number of aliphatic carboxylic acids is 1. The molecule has 0 saturated carbocycles. The van der Waals surface area contributed by atoms with Gasteiger partial charge < -0.3 is 26.0 Å². The van der Waals surface area contributed by atoms with E-state index in [2.05, 4.69) is 10.6 Å². The molecule has 9 heteroatoms. The highest BCUT2D eigenvalue weighted by Crippen LogP contribution is 2.12. The molecule has 0 aliphatic carbocycles. The highest BCUT2D eigenvalue weighted by molar-refractivity contribution is 5.98. The molecule has 0 spiro atoms. The first kappa shape index (κ1) is 20.8. The summed E-state index contributed by atoms with van der Waals surface area (Å²) in [6.45, 7) is -0.821. The van der Waals surface area contributed by atoms with E-state index >= 15 is 0 Å². The average molecular weight is 390 g/mol. The second-order valence-electron chi connectivity index (χ2n) is 5.99. The van der Waals surface area contributed by atoms with Gasteiger partial charge in [0.1, 0.15) is 23.7 Å². The minimum atomic E-state index is -1.53. The third-order valence-corrected chi connectivity index (χ3v) is 3.90. The maximum absolute atomic E-state index is 13.0. The van der Waals surface area contributed by atoms with Crippen LogP contribution in [0.4, 0.5) is 4.39 Å². The van der Waals surface area contributed by atoms with Crippen LogP contribution >= 0.6 is 0 Å². The first-order valence-corrected chi connectivity index (χ1v) is 8.28. The number of amides is 2. The van der Waals surface area contributed by atoms with Crippen molar-refractivity contribution in [3.8, 4) is 5.75 Å². The number of benzene rings is 2. The smallest absolute Gasteiger partial charge is 0.328 e. The molecule has 0 radical (unpaired) electrons. The highest BCUT2D eigenvalue weighted by Gasteiger charge is 2.26. The number of carboxylic acid groups (broad SMARTS) is 1. The fourth-order valence-electron chi connectivity index (χ4n) is 2.38. The van der Waals surface area contributed by atoms with Gasteiger partial charge in [-0.15, -0.1) is 0 Å². The van der Waals surface area contributed by atoms with Crippen LogP contribution in [0.25, 0.3) is 0 Å². The lowest BCUT2D eigenvalue weighted by atomic mass is 10.0. The maximum atomic E-state index is 13.0. The molecular weight excluding hydrogens is 371 g/mol. The van der Waals surface area contributed by atoms with Crippen molar-refractivity contribution >= 4 is 17.8 Å². The molecule has 2 atom stereocenters. The van der Waals surface area contributed by atoms with Crippen LogP contribution in [-0.4, -0.2) is 51.8 Å². The summed E-state index contributed by atoms with van der Waals surface area (Å²) in [7, 11) is 0. The van der Waals surface area contributed by atoms with Gasteiger partial charge in [-0.3, -0.25) is 9.59 Å². The van der Waals surface area contributed by atoms with Gasteiger partial charge >= 0.3 is 5.97 Å². The van der Waals surface area contributed by atoms with Crippen LogP contribution in [0.2, 0.25) is 0 Å². The zero-order chi connectivity index (χ0) is 20.7. The van der Waals surface area contributed by atoms with Crippen LogP contribution in [0.1, 0.15) is 15.9 Å². The molecule has 0 bridgehead atoms. The molecule has 5 N–H and O–H groups in total. The van der Waals surface area contributed by atoms with E-state index in [0.29, 0.717) is 5.56 Å². The summed E-state index contributed by atoms with van der Waals surface area (Å²) < 4.78 is 13.0. The Morgan fingerprint density at radius 3 is 2.07 bits per heavy atom. The molecule has 28 heavy (non-hydrogen) atoms. The van der Waals surface area contributed by atoms with Gasteiger partial charge in [0.05, 0.1) is 6.61 Å². The Morgan fingerprint density at radius 1 is 0.929 bits per heavy atom. The Balaban J connectivity index is 2.20. The second-order valence-corrected chi connectivity index (χ2v) is 5.99. The monoisotopic (exact) mass is 390 g/mol. The van der Waals surface area contributed by atoms with E-state index in [0.717, 1.165) is 12.1 Å². The SMILES string of the molecule is O=C(N[C@@H](Cc1ccc(O)cc1)C(=O)N[C@@H](CO)C(=O)O)c1ccc(F)cc1. The van der Waals surface area contributed by atoms with Gasteiger partial charge in [0.15, 0.2) is 0 Å². The fraction of sp³-hybridized carbons (Fsp3) is 0.211. The number of aromatic hydroxyl groups is 1. The molecular formula is C19H19FN2O6. The number of rotatable bonds is 8. The van der Waals surface area contributed by atoms with Gasteiger partial charge in [-0.25, -0.2) is 9.18 Å². The Bertz CT molecular complexity index is 839. The number of phenols is 1. The minimum absolute atomic E-state index is 0.00316. The van der Waals surface area contributed by atoms with E-state index < -0.39 is 42.3 Å². The molecule has 2 amide bonds. The molecule has 2 aromatic rings. The number of hydrogen-bond acceptors (Lipinski definition) is 5. The predicted octanol–water partition coefficient (Wildman–Crippen LogP) is 0.434. The van der Waals surface area contributed by atoms with Crippen LogP contribution in [-0.2, 0) is 16.0 Å². The first-order valence-electron chi connectivity index (χ1n) is 8.28. The molecule has 0 aromatic heterocycles. The molecule has 0 aliphatic rings. The topological polar surface area (TPSA) is 136 Å². The number of carboxylic acids is 1. The predicted molar refractivity (Wildman–Crippen MR) is 96.1 cm³/mol. The van der Waals surface area contributed by atoms with E-state index in [1.54, 1.807) is 12.1 Å². The molecule has 8 nitrogen and oxygen atoms in total. The number of nitrogens with one attached hydrogen (secondary N) is 2. The molecule has 148 valence electrons. The van der Waals surface area contributed by atoms with Crippen LogP contribution in [0.3, 0.4) is 0 Å². The summed E-state index contributed by atoms with van der Waals surface area (Å²) in [6.07, 6.45) is -0.00316. The Hall–Kier alpha value is -3.46. The van der Waals surface area contributed by atoms with E-state index in [4.69, 9.17) is 10.2 Å². The third-order valence-electron chi connectivity index (χ3n) is 3.90. The normalized spacial score (nSPS) is 12.6. The standard InChI is InChI=1S/C19H19FN2O6/c20-13-5-3-12(4-6-13)17(25)21-15(9-11-1-7-14(24)8-2-11)18(26)22-16(10-23)19(27)28/h1-8,15-16,23-24H,9-10H2,(H,21,25)(H,22,26)(H,27,28)/t15-,16-/m0/s1. The van der Waals surface area contributed by atoms with Crippen LogP contribution in [0, 0.1) is 5.82 Å². The van der Waals surface area contributed by atoms with Crippen molar-refractivity contribution in [3.05, 3.63) is 65.5 Å². The third kappa shape index (κ3) is 5.78.